The number of hydrogen-bond donors (Lipinski definition) is 3. The van der Waals surface area contributed by atoms with Gasteiger partial charge < -0.3 is 10.6 Å². The van der Waals surface area contributed by atoms with Crippen LogP contribution in [-0.2, 0) is 31.0 Å². The summed E-state index contributed by atoms with van der Waals surface area (Å²) in [6.07, 6.45) is 2.93. The van der Waals surface area contributed by atoms with Gasteiger partial charge in [-0.15, -0.1) is 5.10 Å². The summed E-state index contributed by atoms with van der Waals surface area (Å²) in [5, 5.41) is 12.1. The Morgan fingerprint density at radius 3 is 3.00 bits per heavy atom. The molecule has 1 unspecified atom stereocenters. The summed E-state index contributed by atoms with van der Waals surface area (Å²) in [6.45, 7) is 1.98. The van der Waals surface area contributed by atoms with Gasteiger partial charge in [-0.25, -0.2) is 9.48 Å². The molecular formula is C13H23N9O5S. The van der Waals surface area contributed by atoms with Gasteiger partial charge in [0.15, 0.2) is 18.1 Å². The molecule has 3 heterocycles. The zero-order valence-corrected chi connectivity index (χ0v) is 16.1. The summed E-state index contributed by atoms with van der Waals surface area (Å²) in [5.74, 6) is 0.103. The van der Waals surface area contributed by atoms with Crippen LogP contribution in [0.4, 0.5) is 4.79 Å². The molecule has 2 aliphatic rings. The van der Waals surface area contributed by atoms with Crippen molar-refractivity contribution in [1.82, 2.24) is 41.0 Å². The average Bonchev–Trinajstić information content (AvgIpc) is 3.22. The fraction of sp³-hybridized carbons (Fsp3) is 0.692. The van der Waals surface area contributed by atoms with Crippen molar-refractivity contribution in [1.29, 1.82) is 0 Å². The number of fused-ring (bicyclic) bond motifs is 2. The number of aromatic nitrogens is 4. The van der Waals surface area contributed by atoms with E-state index in [9.17, 15) is 14.4 Å². The number of carbonyl (C=O) groups excluding carboxylic acids is 3. The van der Waals surface area contributed by atoms with Gasteiger partial charge in [0, 0.05) is 19.5 Å². The summed E-state index contributed by atoms with van der Waals surface area (Å²) < 4.78 is 11.1. The van der Waals surface area contributed by atoms with E-state index < -0.39 is 5.91 Å². The van der Waals surface area contributed by atoms with Crippen LogP contribution in [0.5, 0.6) is 0 Å². The van der Waals surface area contributed by atoms with E-state index in [-0.39, 0.29) is 18.6 Å². The standard InChI is InChI=1S/C7H12N2O3S.C6H11N7O2/c1-11-13-12-9-6-3-2-4-8(5-6)7(9)10;7-2-1-5-9-11-12-13(5)3-6(15)10-8-4-14/h6H,2-5H2,1H3;4H,1-3,7H2,(H,8,14)(H,10,15). The number of urea groups is 1. The predicted octanol–water partition coefficient (Wildman–Crippen LogP) is -2.02. The van der Waals surface area contributed by atoms with Gasteiger partial charge in [0.05, 0.1) is 13.2 Å². The highest BCUT2D eigenvalue weighted by Crippen LogP contribution is 2.27. The number of nitrogens with two attached hydrogens (primary N) is 1. The van der Waals surface area contributed by atoms with Gasteiger partial charge in [-0.3, -0.25) is 24.6 Å². The average molecular weight is 417 g/mol. The van der Waals surface area contributed by atoms with Crippen molar-refractivity contribution in [2.24, 2.45) is 5.73 Å². The molecule has 1 aromatic heterocycles. The second-order valence-electron chi connectivity index (χ2n) is 5.76. The van der Waals surface area contributed by atoms with E-state index in [0.29, 0.717) is 25.2 Å². The van der Waals surface area contributed by atoms with E-state index in [1.807, 2.05) is 10.3 Å². The fourth-order valence-corrected chi connectivity index (χ4v) is 3.02. The van der Waals surface area contributed by atoms with Crippen LogP contribution < -0.4 is 16.6 Å². The van der Waals surface area contributed by atoms with Crippen LogP contribution in [0.2, 0.25) is 0 Å². The van der Waals surface area contributed by atoms with Gasteiger partial charge in [0.2, 0.25) is 6.41 Å². The second kappa shape index (κ2) is 11.4. The van der Waals surface area contributed by atoms with Gasteiger partial charge >= 0.3 is 6.03 Å². The van der Waals surface area contributed by atoms with E-state index in [0.717, 1.165) is 38.3 Å². The zero-order valence-electron chi connectivity index (χ0n) is 15.3. The lowest BCUT2D eigenvalue weighted by Crippen LogP contribution is -2.38. The highest BCUT2D eigenvalue weighted by Gasteiger charge is 2.41. The van der Waals surface area contributed by atoms with Gasteiger partial charge in [-0.05, 0) is 29.8 Å². The first-order valence-electron chi connectivity index (χ1n) is 8.49. The zero-order chi connectivity index (χ0) is 20.4. The lowest BCUT2D eigenvalue weighted by molar-refractivity contribution is -0.125. The molecule has 3 rings (SSSR count). The molecule has 14 nitrogen and oxygen atoms in total. The number of tetrazole rings is 1. The SMILES string of the molecule is COSON1C(=O)N2CCCC1C2.NCCc1nnnn1CC(=O)NNC=O. The monoisotopic (exact) mass is 417 g/mol. The van der Waals surface area contributed by atoms with Gasteiger partial charge in [-0.2, -0.15) is 9.35 Å². The second-order valence-corrected chi connectivity index (χ2v) is 6.38. The summed E-state index contributed by atoms with van der Waals surface area (Å²) in [4.78, 5) is 34.4. The minimum absolute atomic E-state index is 0.0351. The molecule has 2 saturated heterocycles. The van der Waals surface area contributed by atoms with Crippen molar-refractivity contribution >= 4 is 30.7 Å². The van der Waals surface area contributed by atoms with E-state index >= 15 is 0 Å². The normalized spacial score (nSPS) is 17.8. The Hall–Kier alpha value is -2.49. The minimum Gasteiger partial charge on any atom is -0.330 e. The summed E-state index contributed by atoms with van der Waals surface area (Å²) >= 11 is 0.836. The van der Waals surface area contributed by atoms with Crippen molar-refractivity contribution in [2.75, 3.05) is 26.7 Å². The molecule has 2 bridgehead atoms. The van der Waals surface area contributed by atoms with Crippen molar-refractivity contribution in [3.63, 3.8) is 0 Å². The third kappa shape index (κ3) is 6.01. The van der Waals surface area contributed by atoms with E-state index in [2.05, 4.69) is 25.1 Å². The quantitative estimate of drug-likeness (QED) is 0.231. The van der Waals surface area contributed by atoms with Crippen molar-refractivity contribution in [3.05, 3.63) is 5.82 Å². The van der Waals surface area contributed by atoms with Crippen LogP contribution in [0, 0.1) is 0 Å². The molecule has 2 aliphatic heterocycles. The minimum atomic E-state index is -0.423. The molecular weight excluding hydrogens is 394 g/mol. The maximum Gasteiger partial charge on any atom is 0.345 e. The molecule has 1 atom stereocenters. The van der Waals surface area contributed by atoms with Gasteiger partial charge in [0.1, 0.15) is 6.54 Å². The Morgan fingerprint density at radius 1 is 1.50 bits per heavy atom. The maximum absolute atomic E-state index is 11.6. The van der Waals surface area contributed by atoms with Crippen LogP contribution in [0.25, 0.3) is 0 Å². The highest BCUT2D eigenvalue weighted by atomic mass is 32.2. The van der Waals surface area contributed by atoms with Crippen molar-refractivity contribution in [3.8, 4) is 0 Å². The first-order valence-corrected chi connectivity index (χ1v) is 9.16. The van der Waals surface area contributed by atoms with E-state index in [4.69, 9.17) is 10.0 Å². The number of hydrogen-bond acceptors (Lipinski definition) is 10. The number of hydrazine groups is 1. The molecule has 0 saturated carbocycles. The molecule has 0 radical (unpaired) electrons. The molecule has 0 aromatic carbocycles. The van der Waals surface area contributed by atoms with Crippen molar-refractivity contribution in [2.45, 2.75) is 31.8 Å². The Bertz CT molecular complexity index is 660. The summed E-state index contributed by atoms with van der Waals surface area (Å²) in [5.41, 5.74) is 9.49. The first-order chi connectivity index (χ1) is 13.6. The lowest BCUT2D eigenvalue weighted by Gasteiger charge is -2.20. The molecule has 156 valence electrons. The summed E-state index contributed by atoms with van der Waals surface area (Å²) in [7, 11) is 1.51. The molecule has 28 heavy (non-hydrogen) atoms. The molecule has 15 heteroatoms. The lowest BCUT2D eigenvalue weighted by atomic mass is 10.1. The highest BCUT2D eigenvalue weighted by molar-refractivity contribution is 7.89. The van der Waals surface area contributed by atoms with Crippen LogP contribution in [-0.4, -0.2) is 81.3 Å². The smallest absolute Gasteiger partial charge is 0.330 e. The molecule has 4 amide bonds. The predicted molar refractivity (Wildman–Crippen MR) is 95.4 cm³/mol. The van der Waals surface area contributed by atoms with Crippen LogP contribution in [0.15, 0.2) is 0 Å². The van der Waals surface area contributed by atoms with E-state index in [1.165, 1.54) is 16.9 Å². The summed E-state index contributed by atoms with van der Waals surface area (Å²) in [6, 6.07) is 0.177. The number of nitrogens with one attached hydrogen (secondary N) is 2. The Kier molecular flexibility index (Phi) is 8.86. The molecule has 0 spiro atoms. The van der Waals surface area contributed by atoms with E-state index in [1.54, 1.807) is 0 Å². The Labute approximate surface area is 165 Å². The third-order valence-electron chi connectivity index (χ3n) is 3.90. The maximum atomic E-state index is 11.6. The van der Waals surface area contributed by atoms with Gasteiger partial charge in [-0.1, -0.05) is 0 Å². The molecule has 4 N–H and O–H groups in total. The Morgan fingerprint density at radius 2 is 2.32 bits per heavy atom. The topological polar surface area (TPSA) is 170 Å². The molecule has 2 fully saturated rings. The number of amides is 4. The largest absolute Gasteiger partial charge is 0.345 e. The first kappa shape index (κ1) is 21.8. The Balaban J connectivity index is 0.000000202. The van der Waals surface area contributed by atoms with Crippen LogP contribution >= 0.6 is 12.3 Å². The number of hydroxylamine groups is 2. The van der Waals surface area contributed by atoms with Gasteiger partial charge in [0.25, 0.3) is 5.91 Å². The number of piperidine rings is 1. The third-order valence-corrected chi connectivity index (χ3v) is 4.26. The van der Waals surface area contributed by atoms with Crippen LogP contribution in [0.1, 0.15) is 18.7 Å². The molecule has 0 aliphatic carbocycles. The fourth-order valence-electron chi connectivity index (χ4n) is 2.71. The molecule has 1 aromatic rings. The number of carbonyl (C=O) groups is 3. The number of nitrogens with zero attached hydrogens (tertiary/aromatic N) is 6. The van der Waals surface area contributed by atoms with Crippen molar-refractivity contribution < 1.29 is 22.9 Å². The van der Waals surface area contributed by atoms with Crippen LogP contribution in [0.3, 0.4) is 0 Å². The number of rotatable bonds is 9.